The zero-order chi connectivity index (χ0) is 26.9. The highest BCUT2D eigenvalue weighted by atomic mass is 19.1. The van der Waals surface area contributed by atoms with E-state index < -0.39 is 18.2 Å². The topological polar surface area (TPSA) is 105 Å². The van der Waals surface area contributed by atoms with Gasteiger partial charge in [-0.1, -0.05) is 18.2 Å². The highest BCUT2D eigenvalue weighted by Crippen LogP contribution is 2.23. The molecule has 0 radical (unpaired) electrons. The summed E-state index contributed by atoms with van der Waals surface area (Å²) < 4.78 is 21.2. The van der Waals surface area contributed by atoms with E-state index in [-0.39, 0.29) is 13.2 Å². The van der Waals surface area contributed by atoms with Crippen LogP contribution in [0.1, 0.15) is 36.9 Å². The SMILES string of the molecule is COCC(F)CN(CCCCc1ccc2c(n1)NCCC2)CCC(Nc1nn(C)c2ccccc12)C(=O)O. The molecular weight excluding hydrogens is 487 g/mol. The Labute approximate surface area is 223 Å². The van der Waals surface area contributed by atoms with Gasteiger partial charge in [-0.3, -0.25) is 4.68 Å². The molecule has 0 fully saturated rings. The van der Waals surface area contributed by atoms with Crippen LogP contribution < -0.4 is 10.6 Å². The van der Waals surface area contributed by atoms with E-state index in [2.05, 4.69) is 27.9 Å². The summed E-state index contributed by atoms with van der Waals surface area (Å²) in [6.07, 6.45) is 4.03. The molecule has 0 aliphatic carbocycles. The minimum Gasteiger partial charge on any atom is -0.480 e. The maximum Gasteiger partial charge on any atom is 0.326 e. The van der Waals surface area contributed by atoms with Gasteiger partial charge in [0.05, 0.1) is 12.1 Å². The average Bonchev–Trinajstić information content (AvgIpc) is 3.23. The van der Waals surface area contributed by atoms with Gasteiger partial charge in [0.1, 0.15) is 18.0 Å². The van der Waals surface area contributed by atoms with Crippen molar-refractivity contribution in [2.45, 2.75) is 50.7 Å². The van der Waals surface area contributed by atoms with E-state index in [9.17, 15) is 14.3 Å². The number of aromatic nitrogens is 3. The number of unbranched alkanes of at least 4 members (excludes halogenated alkanes) is 1. The maximum atomic E-state index is 14.5. The van der Waals surface area contributed by atoms with E-state index in [1.807, 2.05) is 36.2 Å². The van der Waals surface area contributed by atoms with Crippen molar-refractivity contribution in [2.24, 2.45) is 7.05 Å². The number of halogens is 1. The first-order chi connectivity index (χ1) is 18.4. The number of nitrogens with zero attached hydrogens (tertiary/aromatic N) is 4. The first-order valence-corrected chi connectivity index (χ1v) is 13.4. The second-order valence-electron chi connectivity index (χ2n) is 9.96. The first-order valence-electron chi connectivity index (χ1n) is 13.4. The molecule has 206 valence electrons. The van der Waals surface area contributed by atoms with Gasteiger partial charge in [-0.25, -0.2) is 14.2 Å². The third-order valence-corrected chi connectivity index (χ3v) is 7.01. The van der Waals surface area contributed by atoms with Crippen LogP contribution in [0.5, 0.6) is 0 Å². The highest BCUT2D eigenvalue weighted by molar-refractivity contribution is 5.91. The molecule has 1 aliphatic heterocycles. The number of hydrogen-bond acceptors (Lipinski definition) is 7. The molecule has 0 spiro atoms. The molecule has 0 bridgehead atoms. The lowest BCUT2D eigenvalue weighted by Crippen LogP contribution is -2.38. The number of para-hydroxylation sites is 1. The van der Waals surface area contributed by atoms with E-state index in [1.54, 1.807) is 4.68 Å². The van der Waals surface area contributed by atoms with Gasteiger partial charge in [-0.05, 0) is 68.8 Å². The molecule has 2 unspecified atom stereocenters. The summed E-state index contributed by atoms with van der Waals surface area (Å²) in [5.41, 5.74) is 3.26. The Bertz CT molecular complexity index is 1200. The number of alkyl halides is 1. The van der Waals surface area contributed by atoms with Gasteiger partial charge in [-0.15, -0.1) is 0 Å². The lowest BCUT2D eigenvalue weighted by atomic mass is 10.1. The maximum absolute atomic E-state index is 14.5. The molecule has 0 amide bonds. The smallest absolute Gasteiger partial charge is 0.326 e. The number of nitrogens with one attached hydrogen (secondary N) is 2. The largest absolute Gasteiger partial charge is 0.480 e. The van der Waals surface area contributed by atoms with Gasteiger partial charge in [-0.2, -0.15) is 5.10 Å². The fourth-order valence-electron chi connectivity index (χ4n) is 5.01. The predicted octanol–water partition coefficient (Wildman–Crippen LogP) is 3.89. The van der Waals surface area contributed by atoms with Gasteiger partial charge in [0.15, 0.2) is 5.82 Å². The average molecular weight is 527 g/mol. The number of anilines is 2. The number of fused-ring (bicyclic) bond motifs is 2. The zero-order valence-electron chi connectivity index (χ0n) is 22.3. The predicted molar refractivity (Wildman–Crippen MR) is 148 cm³/mol. The number of rotatable bonds is 15. The van der Waals surface area contributed by atoms with E-state index in [1.165, 1.54) is 12.7 Å². The summed E-state index contributed by atoms with van der Waals surface area (Å²) >= 11 is 0. The van der Waals surface area contributed by atoms with Gasteiger partial charge in [0, 0.05) is 44.9 Å². The Balaban J connectivity index is 1.33. The number of aliphatic carboxylic acids is 1. The molecule has 3 aromatic rings. The van der Waals surface area contributed by atoms with Crippen molar-refractivity contribution in [1.29, 1.82) is 0 Å². The number of aryl methyl sites for hydroxylation is 3. The number of hydrogen-bond donors (Lipinski definition) is 3. The molecule has 9 nitrogen and oxygen atoms in total. The van der Waals surface area contributed by atoms with Crippen LogP contribution in [0, 0.1) is 0 Å². The molecule has 0 saturated heterocycles. The van der Waals surface area contributed by atoms with E-state index in [0.717, 1.165) is 61.1 Å². The molecule has 4 rings (SSSR count). The molecule has 2 atom stereocenters. The number of methoxy groups -OCH3 is 1. The standard InChI is InChI=1S/C28H39FN6O3/c1-34-25-11-4-3-10-23(25)27(33-34)32-24(28(36)37)14-17-35(18-21(29)19-38-2)16-6-5-9-22-13-12-20-8-7-15-30-26(20)31-22/h3-4,10-13,21,24H,5-9,14-19H2,1-2H3,(H,30,31)(H,32,33)(H,36,37). The van der Waals surface area contributed by atoms with Crippen LogP contribution in [0.15, 0.2) is 36.4 Å². The molecule has 38 heavy (non-hydrogen) atoms. The van der Waals surface area contributed by atoms with Crippen LogP contribution in [0.25, 0.3) is 10.9 Å². The van der Waals surface area contributed by atoms with Gasteiger partial charge in [0.2, 0.25) is 0 Å². The van der Waals surface area contributed by atoms with Crippen molar-refractivity contribution >= 4 is 28.5 Å². The van der Waals surface area contributed by atoms with Crippen molar-refractivity contribution in [3.05, 3.63) is 47.7 Å². The monoisotopic (exact) mass is 526 g/mol. The van der Waals surface area contributed by atoms with Crippen LogP contribution in [0.3, 0.4) is 0 Å². The molecule has 1 aliphatic rings. The summed E-state index contributed by atoms with van der Waals surface area (Å²) in [5.74, 6) is 0.584. The number of benzene rings is 1. The first kappa shape index (κ1) is 27.8. The number of carboxylic acid groups (broad SMARTS) is 1. The molecule has 1 aromatic carbocycles. The number of pyridine rings is 1. The normalized spacial score (nSPS) is 14.7. The molecule has 3 heterocycles. The molecule has 2 aromatic heterocycles. The lowest BCUT2D eigenvalue weighted by Gasteiger charge is -2.25. The number of carbonyl (C=O) groups is 1. The second-order valence-corrected chi connectivity index (χ2v) is 9.96. The second kappa shape index (κ2) is 13.5. The summed E-state index contributed by atoms with van der Waals surface area (Å²) in [6.45, 7) is 2.30. The van der Waals surface area contributed by atoms with Crippen LogP contribution in [-0.4, -0.2) is 82.8 Å². The van der Waals surface area contributed by atoms with Crippen molar-refractivity contribution in [2.75, 3.05) is 50.5 Å². The summed E-state index contributed by atoms with van der Waals surface area (Å²) in [5, 5.41) is 21.7. The van der Waals surface area contributed by atoms with E-state index in [4.69, 9.17) is 9.72 Å². The summed E-state index contributed by atoms with van der Waals surface area (Å²) in [7, 11) is 3.32. The lowest BCUT2D eigenvalue weighted by molar-refractivity contribution is -0.138. The molecule has 3 N–H and O–H groups in total. The Morgan fingerprint density at radius 3 is 2.92 bits per heavy atom. The third-order valence-electron chi connectivity index (χ3n) is 7.01. The van der Waals surface area contributed by atoms with E-state index >= 15 is 0 Å². The summed E-state index contributed by atoms with van der Waals surface area (Å²) in [6, 6.07) is 11.1. The van der Waals surface area contributed by atoms with Crippen LogP contribution >= 0.6 is 0 Å². The summed E-state index contributed by atoms with van der Waals surface area (Å²) in [4.78, 5) is 18.8. The van der Waals surface area contributed by atoms with Crippen molar-refractivity contribution in [3.8, 4) is 0 Å². The van der Waals surface area contributed by atoms with Crippen LogP contribution in [0.4, 0.5) is 16.0 Å². The molecule has 0 saturated carbocycles. The zero-order valence-corrected chi connectivity index (χ0v) is 22.3. The Kier molecular flexibility index (Phi) is 9.89. The van der Waals surface area contributed by atoms with Crippen molar-refractivity contribution in [3.63, 3.8) is 0 Å². The minimum absolute atomic E-state index is 0.0169. The fourth-order valence-corrected chi connectivity index (χ4v) is 5.01. The molecular formula is C28H39FN6O3. The molecule has 10 heteroatoms. The number of carboxylic acids is 1. The van der Waals surface area contributed by atoms with Crippen molar-refractivity contribution in [1.82, 2.24) is 19.7 Å². The van der Waals surface area contributed by atoms with Gasteiger partial charge in [0.25, 0.3) is 0 Å². The number of ether oxygens (including phenoxy) is 1. The fraction of sp³-hybridized carbons (Fsp3) is 0.536. The van der Waals surface area contributed by atoms with Gasteiger partial charge < -0.3 is 25.4 Å². The van der Waals surface area contributed by atoms with Gasteiger partial charge >= 0.3 is 5.97 Å². The van der Waals surface area contributed by atoms with Crippen LogP contribution in [0.2, 0.25) is 0 Å². The Morgan fingerprint density at radius 1 is 1.26 bits per heavy atom. The quantitative estimate of drug-likeness (QED) is 0.256. The third kappa shape index (κ3) is 7.41. The van der Waals surface area contributed by atoms with Crippen LogP contribution in [-0.2, 0) is 29.4 Å². The van der Waals surface area contributed by atoms with Crippen molar-refractivity contribution < 1.29 is 19.0 Å². The highest BCUT2D eigenvalue weighted by Gasteiger charge is 2.22. The Hall–Kier alpha value is -3.24. The Morgan fingerprint density at radius 2 is 2.11 bits per heavy atom. The minimum atomic E-state index is -1.13. The van der Waals surface area contributed by atoms with E-state index in [0.29, 0.717) is 25.3 Å².